The molecule has 0 unspecified atom stereocenters. The first kappa shape index (κ1) is 8.23. The fourth-order valence-electron chi connectivity index (χ4n) is 1.61. The lowest BCUT2D eigenvalue weighted by atomic mass is 9.83. The van der Waals surface area contributed by atoms with Gasteiger partial charge in [-0.3, -0.25) is 0 Å². The number of nitrogens with two attached hydrogens (primary N) is 1. The molecule has 1 aliphatic heterocycles. The molecule has 2 rings (SSSR count). The minimum absolute atomic E-state index is 0.151. The summed E-state index contributed by atoms with van der Waals surface area (Å²) in [7, 11) is 0. The molecule has 0 bridgehead atoms. The molecule has 1 saturated heterocycles. The van der Waals surface area contributed by atoms with Crippen LogP contribution in [0.15, 0.2) is 11.4 Å². The third kappa shape index (κ3) is 1.01. The first-order valence-corrected chi connectivity index (χ1v) is 4.99. The Morgan fingerprint density at radius 1 is 1.67 bits per heavy atom. The molecule has 1 fully saturated rings. The fourth-order valence-corrected chi connectivity index (χ4v) is 2.72. The molecule has 0 radical (unpaired) electrons. The molecule has 2 N–H and O–H groups in total. The van der Waals surface area contributed by atoms with Gasteiger partial charge < -0.3 is 10.5 Å². The maximum atomic E-state index is 5.76. The van der Waals surface area contributed by atoms with Gasteiger partial charge in [-0.25, -0.2) is 0 Å². The van der Waals surface area contributed by atoms with E-state index in [0.29, 0.717) is 6.54 Å². The molecular formula is C9H13NOS. The Labute approximate surface area is 76.3 Å². The van der Waals surface area contributed by atoms with Gasteiger partial charge in [0.1, 0.15) is 0 Å². The highest BCUT2D eigenvalue weighted by Gasteiger charge is 2.40. The molecule has 0 atom stereocenters. The Hall–Kier alpha value is -0.380. The quantitative estimate of drug-likeness (QED) is 0.749. The summed E-state index contributed by atoms with van der Waals surface area (Å²) in [5.41, 5.74) is 7.26. The van der Waals surface area contributed by atoms with Gasteiger partial charge in [-0.05, 0) is 23.9 Å². The predicted octanol–water partition coefficient (Wildman–Crippen LogP) is 1.28. The van der Waals surface area contributed by atoms with Gasteiger partial charge in [-0.2, -0.15) is 0 Å². The van der Waals surface area contributed by atoms with E-state index in [0.717, 1.165) is 13.2 Å². The van der Waals surface area contributed by atoms with E-state index in [9.17, 15) is 0 Å². The monoisotopic (exact) mass is 183 g/mol. The Balaban J connectivity index is 2.33. The molecule has 0 aliphatic carbocycles. The van der Waals surface area contributed by atoms with Crippen LogP contribution < -0.4 is 5.73 Å². The molecular weight excluding hydrogens is 170 g/mol. The first-order valence-electron chi connectivity index (χ1n) is 4.11. The van der Waals surface area contributed by atoms with E-state index in [1.807, 2.05) is 0 Å². The van der Waals surface area contributed by atoms with Crippen molar-refractivity contribution in [2.24, 2.45) is 5.73 Å². The summed E-state index contributed by atoms with van der Waals surface area (Å²) >= 11 is 1.80. The maximum absolute atomic E-state index is 5.76. The van der Waals surface area contributed by atoms with Crippen LogP contribution in [0.2, 0.25) is 0 Å². The van der Waals surface area contributed by atoms with Crippen molar-refractivity contribution in [2.75, 3.05) is 19.8 Å². The summed E-state index contributed by atoms with van der Waals surface area (Å²) in [6.07, 6.45) is 0. The minimum Gasteiger partial charge on any atom is -0.379 e. The Morgan fingerprint density at radius 2 is 2.42 bits per heavy atom. The summed E-state index contributed by atoms with van der Waals surface area (Å²) in [5, 5.41) is 2.13. The Bertz CT molecular complexity index is 272. The number of thiophene rings is 1. The van der Waals surface area contributed by atoms with E-state index < -0.39 is 0 Å². The highest BCUT2D eigenvalue weighted by atomic mass is 32.1. The van der Waals surface area contributed by atoms with E-state index in [1.165, 1.54) is 10.4 Å². The molecule has 2 nitrogen and oxygen atoms in total. The third-order valence-corrected chi connectivity index (χ3v) is 3.75. The third-order valence-electron chi connectivity index (χ3n) is 2.49. The van der Waals surface area contributed by atoms with Gasteiger partial charge in [0, 0.05) is 11.4 Å². The van der Waals surface area contributed by atoms with E-state index >= 15 is 0 Å². The van der Waals surface area contributed by atoms with Gasteiger partial charge in [0.05, 0.1) is 18.6 Å². The molecule has 0 spiro atoms. The van der Waals surface area contributed by atoms with Gasteiger partial charge >= 0.3 is 0 Å². The molecule has 0 amide bonds. The lowest BCUT2D eigenvalue weighted by Gasteiger charge is -2.40. The van der Waals surface area contributed by atoms with Crippen molar-refractivity contribution >= 4 is 11.3 Å². The molecule has 1 aliphatic rings. The van der Waals surface area contributed by atoms with Crippen molar-refractivity contribution in [2.45, 2.75) is 12.3 Å². The highest BCUT2D eigenvalue weighted by Crippen LogP contribution is 2.36. The summed E-state index contributed by atoms with van der Waals surface area (Å²) in [5.74, 6) is 0. The topological polar surface area (TPSA) is 35.2 Å². The summed E-state index contributed by atoms with van der Waals surface area (Å²) in [6.45, 7) is 4.44. The van der Waals surface area contributed by atoms with Crippen molar-refractivity contribution in [3.05, 3.63) is 21.9 Å². The highest BCUT2D eigenvalue weighted by molar-refractivity contribution is 7.10. The van der Waals surface area contributed by atoms with Crippen LogP contribution in [-0.2, 0) is 10.2 Å². The molecule has 1 aromatic heterocycles. The summed E-state index contributed by atoms with van der Waals surface area (Å²) < 4.78 is 5.23. The van der Waals surface area contributed by atoms with E-state index in [1.54, 1.807) is 11.3 Å². The normalized spacial score (nSPS) is 20.5. The van der Waals surface area contributed by atoms with Gasteiger partial charge in [0.2, 0.25) is 0 Å². The second-order valence-corrected chi connectivity index (χ2v) is 4.33. The van der Waals surface area contributed by atoms with Gasteiger partial charge in [0.15, 0.2) is 0 Å². The van der Waals surface area contributed by atoms with Crippen LogP contribution in [0.25, 0.3) is 0 Å². The molecule has 66 valence electrons. The number of rotatable bonds is 2. The van der Waals surface area contributed by atoms with E-state index in [4.69, 9.17) is 10.5 Å². The van der Waals surface area contributed by atoms with Crippen LogP contribution in [0, 0.1) is 6.92 Å². The Morgan fingerprint density at radius 3 is 2.75 bits per heavy atom. The van der Waals surface area contributed by atoms with Gasteiger partial charge in [-0.1, -0.05) is 0 Å². The lowest BCUT2D eigenvalue weighted by Crippen LogP contribution is -2.52. The molecule has 0 aromatic carbocycles. The van der Waals surface area contributed by atoms with Crippen LogP contribution >= 0.6 is 11.3 Å². The van der Waals surface area contributed by atoms with E-state index in [2.05, 4.69) is 18.4 Å². The van der Waals surface area contributed by atoms with Gasteiger partial charge in [-0.15, -0.1) is 11.3 Å². The SMILES string of the molecule is Cc1ccsc1C1(CN)COC1. The zero-order valence-corrected chi connectivity index (χ0v) is 7.99. The van der Waals surface area contributed by atoms with Crippen molar-refractivity contribution in [1.29, 1.82) is 0 Å². The summed E-state index contributed by atoms with van der Waals surface area (Å²) in [4.78, 5) is 1.41. The Kier molecular flexibility index (Phi) is 1.94. The van der Waals surface area contributed by atoms with Gasteiger partial charge in [0.25, 0.3) is 0 Å². The molecule has 2 heterocycles. The van der Waals surface area contributed by atoms with Crippen LogP contribution in [0.5, 0.6) is 0 Å². The average molecular weight is 183 g/mol. The van der Waals surface area contributed by atoms with E-state index in [-0.39, 0.29) is 5.41 Å². The zero-order chi connectivity index (χ0) is 8.60. The van der Waals surface area contributed by atoms with Crippen LogP contribution in [-0.4, -0.2) is 19.8 Å². The smallest absolute Gasteiger partial charge is 0.0638 e. The van der Waals surface area contributed by atoms with Crippen LogP contribution in [0.4, 0.5) is 0 Å². The second-order valence-electron chi connectivity index (χ2n) is 3.41. The average Bonchev–Trinajstić information content (AvgIpc) is 2.36. The number of hydrogen-bond donors (Lipinski definition) is 1. The van der Waals surface area contributed by atoms with Crippen LogP contribution in [0.1, 0.15) is 10.4 Å². The van der Waals surface area contributed by atoms with Crippen molar-refractivity contribution in [1.82, 2.24) is 0 Å². The van der Waals surface area contributed by atoms with Crippen LogP contribution in [0.3, 0.4) is 0 Å². The molecule has 12 heavy (non-hydrogen) atoms. The number of aryl methyl sites for hydroxylation is 1. The van der Waals surface area contributed by atoms with Crippen molar-refractivity contribution in [3.63, 3.8) is 0 Å². The summed E-state index contributed by atoms with van der Waals surface area (Å²) in [6, 6.07) is 2.15. The predicted molar refractivity (Wildman–Crippen MR) is 50.6 cm³/mol. The maximum Gasteiger partial charge on any atom is 0.0638 e. The lowest BCUT2D eigenvalue weighted by molar-refractivity contribution is -0.0534. The first-order chi connectivity index (χ1) is 5.78. The largest absolute Gasteiger partial charge is 0.379 e. The zero-order valence-electron chi connectivity index (χ0n) is 7.17. The van der Waals surface area contributed by atoms with Crippen molar-refractivity contribution < 1.29 is 4.74 Å². The minimum atomic E-state index is 0.151. The fraction of sp³-hybridized carbons (Fsp3) is 0.556. The van der Waals surface area contributed by atoms with Crippen molar-refractivity contribution in [3.8, 4) is 0 Å². The molecule has 0 saturated carbocycles. The number of hydrogen-bond acceptors (Lipinski definition) is 3. The second kappa shape index (κ2) is 2.83. The number of ether oxygens (including phenoxy) is 1. The molecule has 3 heteroatoms. The molecule has 1 aromatic rings. The standard InChI is InChI=1S/C9H13NOS/c1-7-2-3-12-8(7)9(4-10)5-11-6-9/h2-3H,4-6,10H2,1H3.